The lowest BCUT2D eigenvalue weighted by atomic mass is 10.1. The van der Waals surface area contributed by atoms with Crippen LogP contribution in [0.4, 0.5) is 0 Å². The molecule has 23 nitrogen and oxygen atoms in total. The lowest BCUT2D eigenvalue weighted by Gasteiger charge is -2.31. The van der Waals surface area contributed by atoms with E-state index in [1.165, 1.54) is 128 Å². The van der Waals surface area contributed by atoms with E-state index in [9.17, 15) is 58.8 Å². The number of nitrogens with zero attached hydrogens (tertiary/aromatic N) is 3. The zero-order chi connectivity index (χ0) is 70.9. The normalized spacial score (nSPS) is 12.7. The van der Waals surface area contributed by atoms with Crippen molar-refractivity contribution in [1.29, 1.82) is 0 Å². The Morgan fingerprint density at radius 3 is 0.667 bits per heavy atom. The molecular weight excluding hydrogens is 1230 g/mol. The van der Waals surface area contributed by atoms with E-state index < -0.39 is 48.0 Å². The molecule has 0 rings (SSSR count). The molecule has 96 heavy (non-hydrogen) atoms. The second-order valence-corrected chi connectivity index (χ2v) is 26.2. The maximum atomic E-state index is 13.2. The molecule has 8 N–H and O–H groups in total. The standard InChI is InChI=1S/C73H139N7O16/c1-6-10-14-18-22-26-30-34-54-93-66(85)42-38-46-74-70(89)62(81)58-79(59-63(82)71(90)75-47-39-43-67(86)94-55-35-31-27-23-19-15-11-7-2)52-50-78(5)51-53-80(60-64(83)72(91)76-48-40-44-68(87)95-56-36-32-28-24-20-16-12-8-3)61-65(84)73(92)77-49-41-45-69(88)96-57-37-33-29-25-21-17-13-9-4/h62-65,81-84H,6-61H2,1-5H3,(H,74,89)(H,75,90)(H,76,91)(H,77,92). The zero-order valence-corrected chi connectivity index (χ0v) is 60.9. The van der Waals surface area contributed by atoms with Crippen molar-refractivity contribution < 1.29 is 77.7 Å². The number of ether oxygens (including phenoxy) is 4. The fraction of sp³-hybridized carbons (Fsp3) is 0.890. The Bertz CT molecular complexity index is 1690. The first kappa shape index (κ1) is 91.5. The van der Waals surface area contributed by atoms with Gasteiger partial charge in [-0.2, -0.15) is 0 Å². The number of carbonyl (C=O) groups excluding carboxylic acids is 8. The van der Waals surface area contributed by atoms with Crippen LogP contribution < -0.4 is 21.3 Å². The van der Waals surface area contributed by atoms with Gasteiger partial charge in [0.2, 0.25) is 23.6 Å². The average Bonchev–Trinajstić information content (AvgIpc) is 3.21. The van der Waals surface area contributed by atoms with Gasteiger partial charge in [0.1, 0.15) is 24.4 Å². The van der Waals surface area contributed by atoms with Crippen LogP contribution in [-0.4, -0.2) is 219 Å². The Morgan fingerprint density at radius 1 is 0.281 bits per heavy atom. The summed E-state index contributed by atoms with van der Waals surface area (Å²) in [5, 5.41) is 55.3. The van der Waals surface area contributed by atoms with Gasteiger partial charge < -0.3 is 65.5 Å². The largest absolute Gasteiger partial charge is 0.466 e. The summed E-state index contributed by atoms with van der Waals surface area (Å²) >= 11 is 0. The predicted molar refractivity (Wildman–Crippen MR) is 378 cm³/mol. The summed E-state index contributed by atoms with van der Waals surface area (Å²) < 4.78 is 21.5. The van der Waals surface area contributed by atoms with Crippen molar-refractivity contribution in [3.8, 4) is 0 Å². The monoisotopic (exact) mass is 1370 g/mol. The maximum absolute atomic E-state index is 13.2. The Kier molecular flexibility index (Phi) is 63.2. The molecule has 562 valence electrons. The third-order valence-electron chi connectivity index (χ3n) is 17.0. The molecule has 0 saturated carbocycles. The number of unbranched alkanes of at least 4 members (excludes halogenated alkanes) is 28. The maximum Gasteiger partial charge on any atom is 0.305 e. The van der Waals surface area contributed by atoms with Gasteiger partial charge in [-0.05, 0) is 58.4 Å². The van der Waals surface area contributed by atoms with Crippen molar-refractivity contribution in [3.05, 3.63) is 0 Å². The minimum atomic E-state index is -1.59. The van der Waals surface area contributed by atoms with E-state index >= 15 is 0 Å². The number of likely N-dealkylation sites (N-methyl/N-ethyl adjacent to an activating group) is 1. The highest BCUT2D eigenvalue weighted by atomic mass is 16.5. The van der Waals surface area contributed by atoms with E-state index in [4.69, 9.17) is 18.9 Å². The minimum absolute atomic E-state index is 0.0845. The van der Waals surface area contributed by atoms with Gasteiger partial charge in [0, 0.05) is 104 Å². The first-order valence-electron chi connectivity index (χ1n) is 38.1. The van der Waals surface area contributed by atoms with Crippen LogP contribution in [0.5, 0.6) is 0 Å². The molecule has 0 aromatic rings. The van der Waals surface area contributed by atoms with E-state index in [1.54, 1.807) is 16.8 Å². The van der Waals surface area contributed by atoms with Gasteiger partial charge in [0.25, 0.3) is 0 Å². The third-order valence-corrected chi connectivity index (χ3v) is 17.0. The van der Waals surface area contributed by atoms with E-state index in [0.29, 0.717) is 26.4 Å². The number of hydrogen-bond acceptors (Lipinski definition) is 19. The number of nitrogens with one attached hydrogen (secondary N) is 4. The molecule has 0 saturated heterocycles. The molecule has 0 aliphatic rings. The Balaban J connectivity index is 5.80. The van der Waals surface area contributed by atoms with Crippen molar-refractivity contribution in [2.75, 3.05) is 112 Å². The quantitative estimate of drug-likeness (QED) is 0.0160. The van der Waals surface area contributed by atoms with Gasteiger partial charge in [-0.3, -0.25) is 48.2 Å². The van der Waals surface area contributed by atoms with Crippen LogP contribution in [-0.2, 0) is 57.3 Å². The molecule has 4 unspecified atom stereocenters. The van der Waals surface area contributed by atoms with Crippen LogP contribution in [0.3, 0.4) is 0 Å². The highest BCUT2D eigenvalue weighted by molar-refractivity contribution is 5.82. The molecule has 0 bridgehead atoms. The van der Waals surface area contributed by atoms with Gasteiger partial charge in [-0.25, -0.2) is 0 Å². The fourth-order valence-corrected chi connectivity index (χ4v) is 10.8. The van der Waals surface area contributed by atoms with Crippen LogP contribution >= 0.6 is 0 Å². The molecular formula is C73H139N7O16. The van der Waals surface area contributed by atoms with Crippen LogP contribution in [0.2, 0.25) is 0 Å². The smallest absolute Gasteiger partial charge is 0.305 e. The van der Waals surface area contributed by atoms with Crippen molar-refractivity contribution >= 4 is 47.5 Å². The average molecular weight is 1370 g/mol. The molecule has 0 fully saturated rings. The van der Waals surface area contributed by atoms with E-state index in [2.05, 4.69) is 49.0 Å². The van der Waals surface area contributed by atoms with Gasteiger partial charge in [0.15, 0.2) is 0 Å². The number of esters is 4. The topological polar surface area (TPSA) is 312 Å². The van der Waals surface area contributed by atoms with Crippen LogP contribution in [0, 0.1) is 0 Å². The molecule has 0 heterocycles. The van der Waals surface area contributed by atoms with E-state index in [0.717, 1.165) is 77.0 Å². The van der Waals surface area contributed by atoms with E-state index in [1.807, 2.05) is 4.90 Å². The SMILES string of the molecule is CCCCCCCCCCOC(=O)CCCNC(=O)C(O)CN(CCN(C)CCN(CC(O)C(=O)NCCCC(=O)OCCCCCCCCCC)CC(O)C(=O)NCCCC(=O)OCCCCCCCCCC)CC(O)C(=O)NCCCC(=O)OCCCCCCCCCC. The van der Waals surface area contributed by atoms with Crippen molar-refractivity contribution in [2.45, 2.75) is 309 Å². The van der Waals surface area contributed by atoms with Gasteiger partial charge in [-0.1, -0.05) is 207 Å². The summed E-state index contributed by atoms with van der Waals surface area (Å²) in [7, 11) is 1.76. The lowest BCUT2D eigenvalue weighted by Crippen LogP contribution is -2.51. The second kappa shape index (κ2) is 66.4. The fourth-order valence-electron chi connectivity index (χ4n) is 10.8. The summed E-state index contributed by atoms with van der Waals surface area (Å²) in [6.45, 7) is 10.1. The zero-order valence-electron chi connectivity index (χ0n) is 60.9. The Morgan fingerprint density at radius 2 is 0.469 bits per heavy atom. The molecule has 0 spiro atoms. The molecule has 0 aromatic carbocycles. The van der Waals surface area contributed by atoms with Crippen molar-refractivity contribution in [3.63, 3.8) is 0 Å². The number of aliphatic hydroxyl groups is 4. The Hall–Kier alpha value is -4.52. The van der Waals surface area contributed by atoms with Gasteiger partial charge >= 0.3 is 23.9 Å². The van der Waals surface area contributed by atoms with Gasteiger partial charge in [-0.15, -0.1) is 0 Å². The summed E-state index contributed by atoms with van der Waals surface area (Å²) in [6.07, 6.45) is 31.0. The molecule has 23 heteroatoms. The van der Waals surface area contributed by atoms with Gasteiger partial charge in [0.05, 0.1) is 26.4 Å². The predicted octanol–water partition coefficient (Wildman–Crippen LogP) is 9.29. The second-order valence-electron chi connectivity index (χ2n) is 26.2. The summed E-state index contributed by atoms with van der Waals surface area (Å²) in [5.41, 5.74) is 0. The van der Waals surface area contributed by atoms with Crippen LogP contribution in [0.1, 0.15) is 285 Å². The molecule has 0 radical (unpaired) electrons. The number of hydrogen-bond donors (Lipinski definition) is 8. The van der Waals surface area contributed by atoms with Crippen molar-refractivity contribution in [1.82, 2.24) is 36.0 Å². The third kappa shape index (κ3) is 58.4. The molecule has 0 aromatic heterocycles. The first-order chi connectivity index (χ1) is 46.5. The summed E-state index contributed by atoms with van der Waals surface area (Å²) in [4.78, 5) is 107. The number of rotatable bonds is 70. The lowest BCUT2D eigenvalue weighted by molar-refractivity contribution is -0.144. The first-order valence-corrected chi connectivity index (χ1v) is 38.1. The highest BCUT2D eigenvalue weighted by Gasteiger charge is 2.27. The molecule has 4 amide bonds. The summed E-state index contributed by atoms with van der Waals surface area (Å²) in [5.74, 6) is -4.33. The minimum Gasteiger partial charge on any atom is -0.466 e. The number of amides is 4. The Labute approximate surface area is 579 Å². The summed E-state index contributed by atoms with van der Waals surface area (Å²) in [6, 6.07) is 0. The molecule has 4 atom stereocenters. The molecule has 0 aliphatic carbocycles. The number of aliphatic hydroxyl groups excluding tert-OH is 4. The molecule has 0 aliphatic heterocycles. The van der Waals surface area contributed by atoms with Crippen LogP contribution in [0.15, 0.2) is 0 Å². The van der Waals surface area contributed by atoms with E-state index in [-0.39, 0.29) is 154 Å². The highest BCUT2D eigenvalue weighted by Crippen LogP contribution is 2.13. The van der Waals surface area contributed by atoms with Crippen molar-refractivity contribution in [2.24, 2.45) is 0 Å². The van der Waals surface area contributed by atoms with Crippen LogP contribution in [0.25, 0.3) is 0 Å². The number of carbonyl (C=O) groups is 8.